The minimum absolute atomic E-state index is 0. The average Bonchev–Trinajstić information content (AvgIpc) is 3.34. The van der Waals surface area contributed by atoms with Gasteiger partial charge in [0.25, 0.3) is 5.91 Å². The van der Waals surface area contributed by atoms with Crippen molar-refractivity contribution in [3.8, 4) is 11.1 Å². The Labute approximate surface area is 190 Å². The number of anilines is 1. The van der Waals surface area contributed by atoms with Crippen molar-refractivity contribution in [1.82, 2.24) is 19.6 Å². The Bertz CT molecular complexity index is 1220. The monoisotopic (exact) mass is 455 g/mol. The van der Waals surface area contributed by atoms with Gasteiger partial charge in [0, 0.05) is 44.5 Å². The molecule has 0 aliphatic carbocycles. The van der Waals surface area contributed by atoms with E-state index >= 15 is 0 Å². The maximum absolute atomic E-state index is 15.0. The third kappa shape index (κ3) is 4.79. The van der Waals surface area contributed by atoms with Crippen LogP contribution in [0.2, 0.25) is 0 Å². The van der Waals surface area contributed by atoms with Gasteiger partial charge in [-0.2, -0.15) is 0 Å². The van der Waals surface area contributed by atoms with Gasteiger partial charge in [-0.3, -0.25) is 14.5 Å². The maximum Gasteiger partial charge on any atom is 0.414 e. The molecule has 0 spiro atoms. The molecule has 0 bridgehead atoms. The van der Waals surface area contributed by atoms with E-state index in [1.807, 2.05) is 0 Å². The van der Waals surface area contributed by atoms with Gasteiger partial charge in [-0.25, -0.2) is 14.2 Å². The molecule has 0 radical (unpaired) electrons. The topological polar surface area (TPSA) is 96.3 Å². The number of nitrogens with one attached hydrogen (secondary N) is 1. The molecule has 1 N–H and O–H groups in total. The maximum atomic E-state index is 15.0. The molecular formula is C23H26FN5O4. The molecule has 3 heterocycles. The van der Waals surface area contributed by atoms with Gasteiger partial charge in [0.15, 0.2) is 0 Å². The number of fused-ring (bicyclic) bond motifs is 1. The summed E-state index contributed by atoms with van der Waals surface area (Å²) in [6.45, 7) is 1.79. The van der Waals surface area contributed by atoms with Crippen molar-refractivity contribution in [2.24, 2.45) is 0 Å². The first-order valence-corrected chi connectivity index (χ1v) is 9.96. The van der Waals surface area contributed by atoms with Gasteiger partial charge in [0.2, 0.25) is 5.91 Å². The van der Waals surface area contributed by atoms with Gasteiger partial charge in [0.1, 0.15) is 23.3 Å². The second-order valence-corrected chi connectivity index (χ2v) is 7.73. The summed E-state index contributed by atoms with van der Waals surface area (Å²) in [7, 11) is 3.29. The van der Waals surface area contributed by atoms with E-state index in [2.05, 4.69) is 10.3 Å². The highest BCUT2D eigenvalue weighted by Crippen LogP contribution is 2.29. The van der Waals surface area contributed by atoms with Crippen LogP contribution < -0.4 is 10.2 Å². The van der Waals surface area contributed by atoms with Crippen LogP contribution in [-0.4, -0.2) is 65.5 Å². The van der Waals surface area contributed by atoms with Crippen molar-refractivity contribution >= 4 is 29.2 Å². The number of rotatable bonds is 5. The molecule has 174 valence electrons. The van der Waals surface area contributed by atoms with Gasteiger partial charge >= 0.3 is 6.09 Å². The second-order valence-electron chi connectivity index (χ2n) is 7.73. The highest BCUT2D eigenvalue weighted by molar-refractivity contribution is 5.92. The smallest absolute Gasteiger partial charge is 0.414 e. The SMILES string of the molecule is C.CC(=O)NC[C@H]1CN(c2ccc(-c3ccc4nc(C(=O)N(C)C)cn4c3)c(F)c2)C(=O)O1. The molecule has 0 saturated carbocycles. The third-order valence-corrected chi connectivity index (χ3v) is 5.10. The second kappa shape index (κ2) is 9.27. The third-order valence-electron chi connectivity index (χ3n) is 5.10. The van der Waals surface area contributed by atoms with Crippen LogP contribution >= 0.6 is 0 Å². The zero-order chi connectivity index (χ0) is 23.0. The quantitative estimate of drug-likeness (QED) is 0.638. The van der Waals surface area contributed by atoms with E-state index in [0.717, 1.165) is 0 Å². The summed E-state index contributed by atoms with van der Waals surface area (Å²) in [6.07, 6.45) is 2.20. The first kappa shape index (κ1) is 23.7. The molecule has 10 heteroatoms. The number of aromatic nitrogens is 2. The molecule has 1 fully saturated rings. The lowest BCUT2D eigenvalue weighted by atomic mass is 10.1. The van der Waals surface area contributed by atoms with Crippen molar-refractivity contribution in [3.63, 3.8) is 0 Å². The highest BCUT2D eigenvalue weighted by atomic mass is 19.1. The Hall–Kier alpha value is -3.95. The number of pyridine rings is 1. The summed E-state index contributed by atoms with van der Waals surface area (Å²) >= 11 is 0. The minimum Gasteiger partial charge on any atom is -0.442 e. The summed E-state index contributed by atoms with van der Waals surface area (Å²) < 4.78 is 21.9. The predicted molar refractivity (Wildman–Crippen MR) is 122 cm³/mol. The highest BCUT2D eigenvalue weighted by Gasteiger charge is 2.32. The molecule has 1 aliphatic rings. The van der Waals surface area contributed by atoms with Gasteiger partial charge < -0.3 is 19.4 Å². The molecule has 2 aromatic heterocycles. The van der Waals surface area contributed by atoms with Crippen molar-refractivity contribution in [3.05, 3.63) is 54.2 Å². The molecule has 33 heavy (non-hydrogen) atoms. The lowest BCUT2D eigenvalue weighted by molar-refractivity contribution is -0.119. The number of hydrogen-bond donors (Lipinski definition) is 1. The van der Waals surface area contributed by atoms with E-state index in [1.54, 1.807) is 55.2 Å². The zero-order valence-electron chi connectivity index (χ0n) is 17.8. The van der Waals surface area contributed by atoms with Crippen LogP contribution in [-0.2, 0) is 9.53 Å². The number of nitrogens with zero attached hydrogens (tertiary/aromatic N) is 4. The van der Waals surface area contributed by atoms with Crippen molar-refractivity contribution in [1.29, 1.82) is 0 Å². The van der Waals surface area contributed by atoms with E-state index in [1.165, 1.54) is 22.8 Å². The van der Waals surface area contributed by atoms with E-state index in [4.69, 9.17) is 4.74 Å². The van der Waals surface area contributed by atoms with Gasteiger partial charge in [0.05, 0.1) is 18.8 Å². The molecule has 1 aromatic carbocycles. The van der Waals surface area contributed by atoms with Crippen molar-refractivity contribution < 1.29 is 23.5 Å². The zero-order valence-corrected chi connectivity index (χ0v) is 17.8. The number of cyclic esters (lactones) is 1. The molecule has 9 nitrogen and oxygen atoms in total. The Balaban J connectivity index is 0.00000306. The van der Waals surface area contributed by atoms with Crippen LogP contribution in [0.1, 0.15) is 24.8 Å². The van der Waals surface area contributed by atoms with Crippen molar-refractivity contribution in [2.75, 3.05) is 32.1 Å². The number of amides is 3. The van der Waals surface area contributed by atoms with Gasteiger partial charge in [-0.15, -0.1) is 0 Å². The predicted octanol–water partition coefficient (Wildman–Crippen LogP) is 2.94. The van der Waals surface area contributed by atoms with E-state index in [-0.39, 0.29) is 32.3 Å². The molecule has 3 amide bonds. The molecule has 1 atom stereocenters. The average molecular weight is 455 g/mol. The van der Waals surface area contributed by atoms with Crippen LogP contribution in [0.5, 0.6) is 0 Å². The molecule has 1 saturated heterocycles. The summed E-state index contributed by atoms with van der Waals surface area (Å²) in [5.41, 5.74) is 2.16. The van der Waals surface area contributed by atoms with Gasteiger partial charge in [-0.05, 0) is 30.3 Å². The number of halogens is 1. The summed E-state index contributed by atoms with van der Waals surface area (Å²) in [6, 6.07) is 7.93. The molecule has 1 aliphatic heterocycles. The number of benzene rings is 1. The Kier molecular flexibility index (Phi) is 6.66. The summed E-state index contributed by atoms with van der Waals surface area (Å²) in [4.78, 5) is 42.4. The van der Waals surface area contributed by atoms with Crippen LogP contribution in [0.25, 0.3) is 16.8 Å². The van der Waals surface area contributed by atoms with Crippen LogP contribution in [0.3, 0.4) is 0 Å². The number of hydrogen-bond acceptors (Lipinski definition) is 5. The Morgan fingerprint density at radius 2 is 2.00 bits per heavy atom. The number of carbonyl (C=O) groups is 3. The largest absolute Gasteiger partial charge is 0.442 e. The van der Waals surface area contributed by atoms with E-state index in [0.29, 0.717) is 28.2 Å². The fraction of sp³-hybridized carbons (Fsp3) is 0.304. The normalized spacial score (nSPS) is 15.2. The first-order chi connectivity index (χ1) is 15.2. The summed E-state index contributed by atoms with van der Waals surface area (Å²) in [5, 5.41) is 2.60. The summed E-state index contributed by atoms with van der Waals surface area (Å²) in [5.74, 6) is -0.951. The fourth-order valence-corrected chi connectivity index (χ4v) is 3.49. The fourth-order valence-electron chi connectivity index (χ4n) is 3.49. The van der Waals surface area contributed by atoms with Crippen LogP contribution in [0, 0.1) is 5.82 Å². The lowest BCUT2D eigenvalue weighted by Gasteiger charge is -2.14. The number of imidazole rings is 1. The number of carbonyl (C=O) groups excluding carboxylic acids is 3. The lowest BCUT2D eigenvalue weighted by Crippen LogP contribution is -2.33. The Morgan fingerprint density at radius 1 is 1.24 bits per heavy atom. The standard InChI is InChI=1S/C22H22FN5O4.CH4/c1-13(29)24-9-16-11-28(22(31)32-16)15-5-6-17(18(23)8-15)14-4-7-20-25-19(12-27(20)10-14)21(30)26(2)3;/h4-8,10,12,16H,9,11H2,1-3H3,(H,24,29);1H4/t16-;/m0./s1. The Morgan fingerprint density at radius 3 is 2.67 bits per heavy atom. The van der Waals surface area contributed by atoms with Gasteiger partial charge in [-0.1, -0.05) is 7.43 Å². The van der Waals surface area contributed by atoms with E-state index in [9.17, 15) is 18.8 Å². The molecule has 3 aromatic rings. The first-order valence-electron chi connectivity index (χ1n) is 9.96. The molecule has 4 rings (SSSR count). The van der Waals surface area contributed by atoms with Crippen LogP contribution in [0.4, 0.5) is 14.9 Å². The molecular weight excluding hydrogens is 429 g/mol. The number of ether oxygens (including phenoxy) is 1. The van der Waals surface area contributed by atoms with E-state index < -0.39 is 18.0 Å². The van der Waals surface area contributed by atoms with Crippen molar-refractivity contribution in [2.45, 2.75) is 20.5 Å². The minimum atomic E-state index is -0.592. The molecule has 0 unspecified atom stereocenters. The van der Waals surface area contributed by atoms with Crippen LogP contribution in [0.15, 0.2) is 42.7 Å².